The summed E-state index contributed by atoms with van der Waals surface area (Å²) in [6.45, 7) is 4.73. The number of hydrogen-bond acceptors (Lipinski definition) is 6. The summed E-state index contributed by atoms with van der Waals surface area (Å²) in [5, 5.41) is 0.534. The van der Waals surface area contributed by atoms with Gasteiger partial charge in [-0.1, -0.05) is 18.3 Å². The van der Waals surface area contributed by atoms with Crippen molar-refractivity contribution in [3.63, 3.8) is 0 Å². The minimum Gasteiger partial charge on any atom is -0.490 e. The third kappa shape index (κ3) is 4.81. The molecule has 0 bridgehead atoms. The van der Waals surface area contributed by atoms with Crippen LogP contribution in [0.4, 0.5) is 4.39 Å². The molecule has 1 heterocycles. The highest BCUT2D eigenvalue weighted by atomic mass is 32.1. The Balaban J connectivity index is 1.23. The summed E-state index contributed by atoms with van der Waals surface area (Å²) >= 11 is 1.24. The van der Waals surface area contributed by atoms with E-state index in [0.29, 0.717) is 41.0 Å². The number of ether oxygens (including phenoxy) is 3. The van der Waals surface area contributed by atoms with Crippen LogP contribution in [0.2, 0.25) is 0 Å². The fourth-order valence-corrected chi connectivity index (χ4v) is 4.33. The number of fused-ring (bicyclic) bond motifs is 1. The third-order valence-corrected chi connectivity index (χ3v) is 6.11. The smallest absolute Gasteiger partial charge is 0.274 e. The average molecular weight is 408 g/mol. The highest BCUT2D eigenvalue weighted by molar-refractivity contribution is 7.20. The van der Waals surface area contributed by atoms with Gasteiger partial charge in [0.25, 0.3) is 5.19 Å². The Morgan fingerprint density at radius 1 is 1.32 bits per heavy atom. The van der Waals surface area contributed by atoms with Gasteiger partial charge in [0.1, 0.15) is 11.9 Å². The predicted octanol–water partition coefficient (Wildman–Crippen LogP) is 4.77. The van der Waals surface area contributed by atoms with Gasteiger partial charge in [-0.15, -0.1) is 0 Å². The Morgan fingerprint density at radius 2 is 2.11 bits per heavy atom. The van der Waals surface area contributed by atoms with Gasteiger partial charge in [-0.3, -0.25) is 0 Å². The van der Waals surface area contributed by atoms with Crippen LogP contribution in [0, 0.1) is 17.7 Å². The first-order chi connectivity index (χ1) is 13.5. The quantitative estimate of drug-likeness (QED) is 0.568. The monoisotopic (exact) mass is 407 g/mol. The lowest BCUT2D eigenvalue weighted by Crippen LogP contribution is -2.36. The molecule has 2 aliphatic rings. The van der Waals surface area contributed by atoms with E-state index in [1.807, 2.05) is 6.92 Å². The largest absolute Gasteiger partial charge is 0.490 e. The van der Waals surface area contributed by atoms with Crippen LogP contribution in [0.3, 0.4) is 0 Å². The molecule has 2 aromatic rings. The van der Waals surface area contributed by atoms with Crippen LogP contribution >= 0.6 is 11.3 Å². The van der Waals surface area contributed by atoms with Crippen molar-refractivity contribution in [3.8, 4) is 10.9 Å². The Hall–Kier alpha value is -1.73. The van der Waals surface area contributed by atoms with Crippen LogP contribution in [0.1, 0.15) is 46.0 Å². The zero-order valence-corrected chi connectivity index (χ0v) is 17.1. The second-order valence-corrected chi connectivity index (χ2v) is 9.10. The summed E-state index contributed by atoms with van der Waals surface area (Å²) in [5.41, 5.74) is 0.613. The Labute approximate surface area is 168 Å². The zero-order valence-electron chi connectivity index (χ0n) is 16.3. The fraction of sp³-hybridized carbons (Fsp3) is 0.619. The van der Waals surface area contributed by atoms with E-state index < -0.39 is 0 Å². The van der Waals surface area contributed by atoms with E-state index >= 15 is 0 Å². The Morgan fingerprint density at radius 3 is 2.82 bits per heavy atom. The molecule has 7 heteroatoms. The molecule has 4 rings (SSSR count). The normalized spacial score (nSPS) is 22.7. The third-order valence-electron chi connectivity index (χ3n) is 5.15. The summed E-state index contributed by atoms with van der Waals surface area (Å²) in [7, 11) is 0. The molecule has 0 saturated heterocycles. The van der Waals surface area contributed by atoms with Crippen LogP contribution in [0.5, 0.6) is 10.9 Å². The molecule has 2 fully saturated rings. The summed E-state index contributed by atoms with van der Waals surface area (Å²) in [6.07, 6.45) is 4.96. The maximum absolute atomic E-state index is 14.7. The molecule has 0 radical (unpaired) electrons. The maximum Gasteiger partial charge on any atom is 0.274 e. The first kappa shape index (κ1) is 19.6. The number of ketones is 1. The van der Waals surface area contributed by atoms with E-state index in [9.17, 15) is 9.18 Å². The van der Waals surface area contributed by atoms with Crippen molar-refractivity contribution in [1.82, 2.24) is 4.98 Å². The number of nitrogens with zero attached hydrogens (tertiary/aromatic N) is 1. The van der Waals surface area contributed by atoms with Gasteiger partial charge < -0.3 is 19.0 Å². The van der Waals surface area contributed by atoms with Gasteiger partial charge in [0.05, 0.1) is 22.9 Å². The van der Waals surface area contributed by atoms with Crippen molar-refractivity contribution in [2.24, 2.45) is 11.8 Å². The lowest BCUT2D eigenvalue weighted by Gasteiger charge is -2.35. The molecule has 0 aliphatic heterocycles. The topological polar surface area (TPSA) is 57.7 Å². The van der Waals surface area contributed by atoms with Crippen molar-refractivity contribution in [3.05, 3.63) is 17.9 Å². The molecule has 0 unspecified atom stereocenters. The van der Waals surface area contributed by atoms with Crippen LogP contribution in [0.15, 0.2) is 12.1 Å². The van der Waals surface area contributed by atoms with Gasteiger partial charge >= 0.3 is 0 Å². The number of benzene rings is 1. The van der Waals surface area contributed by atoms with Gasteiger partial charge in [-0.2, -0.15) is 0 Å². The molecule has 1 aromatic heterocycles. The van der Waals surface area contributed by atoms with E-state index in [4.69, 9.17) is 14.2 Å². The number of thiazole rings is 1. The number of rotatable bonds is 10. The van der Waals surface area contributed by atoms with E-state index in [1.54, 1.807) is 19.1 Å². The Kier molecular flexibility index (Phi) is 5.83. The van der Waals surface area contributed by atoms with Gasteiger partial charge in [0, 0.05) is 13.0 Å². The van der Waals surface area contributed by atoms with E-state index in [2.05, 4.69) is 4.98 Å². The van der Waals surface area contributed by atoms with E-state index in [-0.39, 0.29) is 35.5 Å². The predicted molar refractivity (Wildman–Crippen MR) is 106 cm³/mol. The van der Waals surface area contributed by atoms with Crippen molar-refractivity contribution in [1.29, 1.82) is 0 Å². The summed E-state index contributed by atoms with van der Waals surface area (Å²) in [5.74, 6) is 0.738. The highest BCUT2D eigenvalue weighted by Crippen LogP contribution is 2.38. The number of halogens is 1. The van der Waals surface area contributed by atoms with Crippen LogP contribution < -0.4 is 9.47 Å². The Bertz CT molecular complexity index is 844. The average Bonchev–Trinajstić information content (AvgIpc) is 3.31. The van der Waals surface area contributed by atoms with Crippen LogP contribution in [0.25, 0.3) is 10.2 Å². The summed E-state index contributed by atoms with van der Waals surface area (Å²) in [4.78, 5) is 15.4. The van der Waals surface area contributed by atoms with Crippen molar-refractivity contribution < 1.29 is 23.4 Å². The molecule has 1 aromatic carbocycles. The molecule has 2 aliphatic carbocycles. The maximum atomic E-state index is 14.7. The molecular formula is C21H26FNO4S. The molecule has 28 heavy (non-hydrogen) atoms. The van der Waals surface area contributed by atoms with E-state index in [0.717, 1.165) is 25.7 Å². The minimum absolute atomic E-state index is 0.196. The standard InChI is InChI=1S/C21H26FNO4S/c1-12(7-13(2)24)10-25-16-8-14(9-16)11-26-18-6-5-17-20(19(18)22)28-21(23-17)27-15-3-4-15/h5-6,12,14-16H,3-4,7-11H2,1-2H3/t12-,14?,16?/m1/s1. The second-order valence-electron chi connectivity index (χ2n) is 8.14. The first-order valence-electron chi connectivity index (χ1n) is 9.97. The number of Topliss-reactive ketones (excluding diaryl/α,β-unsaturated/α-hetero) is 1. The molecular weight excluding hydrogens is 381 g/mol. The van der Waals surface area contributed by atoms with Crippen molar-refractivity contribution in [2.75, 3.05) is 13.2 Å². The molecule has 0 N–H and O–H groups in total. The van der Waals surface area contributed by atoms with Crippen molar-refractivity contribution >= 4 is 27.3 Å². The zero-order chi connectivity index (χ0) is 19.7. The molecule has 152 valence electrons. The fourth-order valence-electron chi connectivity index (χ4n) is 3.42. The first-order valence-corrected chi connectivity index (χ1v) is 10.8. The van der Waals surface area contributed by atoms with Crippen LogP contribution in [-0.4, -0.2) is 36.2 Å². The highest BCUT2D eigenvalue weighted by Gasteiger charge is 2.31. The number of carbonyl (C=O) groups excluding carboxylic acids is 1. The van der Waals surface area contributed by atoms with Gasteiger partial charge in [0.2, 0.25) is 0 Å². The van der Waals surface area contributed by atoms with Crippen LogP contribution in [-0.2, 0) is 9.53 Å². The molecule has 1 atom stereocenters. The lowest BCUT2D eigenvalue weighted by molar-refractivity contribution is -0.119. The van der Waals surface area contributed by atoms with E-state index in [1.165, 1.54) is 11.3 Å². The molecule has 0 spiro atoms. The lowest BCUT2D eigenvalue weighted by atomic mass is 9.83. The van der Waals surface area contributed by atoms with Gasteiger partial charge in [0.15, 0.2) is 11.6 Å². The van der Waals surface area contributed by atoms with Gasteiger partial charge in [-0.05, 0) is 56.6 Å². The van der Waals surface area contributed by atoms with Gasteiger partial charge in [-0.25, -0.2) is 9.37 Å². The molecule has 2 saturated carbocycles. The number of hydrogen-bond donors (Lipinski definition) is 0. The minimum atomic E-state index is -0.356. The molecule has 5 nitrogen and oxygen atoms in total. The molecule has 0 amide bonds. The summed E-state index contributed by atoms with van der Waals surface area (Å²) in [6, 6.07) is 3.43. The number of aromatic nitrogens is 1. The summed E-state index contributed by atoms with van der Waals surface area (Å²) < 4.78 is 32.5. The van der Waals surface area contributed by atoms with Crippen molar-refractivity contribution in [2.45, 2.75) is 58.2 Å². The second kappa shape index (κ2) is 8.33. The SMILES string of the molecule is CC(=O)C[C@@H](C)COC1CC(COc2ccc3nc(OC4CC4)sc3c2F)C1. The number of carbonyl (C=O) groups is 1.